The van der Waals surface area contributed by atoms with Gasteiger partial charge < -0.3 is 44.8 Å². The molecule has 762 valence electrons. The van der Waals surface area contributed by atoms with E-state index in [0.717, 1.165) is 180 Å². The molecule has 10 aromatic carbocycles. The van der Waals surface area contributed by atoms with Crippen molar-refractivity contribution in [3.63, 3.8) is 0 Å². The van der Waals surface area contributed by atoms with E-state index >= 15 is 0 Å². The molecule has 2 amide bonds. The molecular formula is C109H119Cl2F3N14O12S5. The average Bonchev–Trinajstić information content (AvgIpc) is 1.46. The molecule has 145 heavy (non-hydrogen) atoms. The molecule has 17 rings (SSSR count). The number of nitrogens with zero attached hydrogens (tertiary/aromatic N) is 8. The Bertz CT molecular complexity index is 7200. The van der Waals surface area contributed by atoms with Crippen molar-refractivity contribution in [2.75, 3.05) is 151 Å². The van der Waals surface area contributed by atoms with Crippen LogP contribution in [0.5, 0.6) is 5.75 Å². The number of nitro groups is 1. The first-order valence-corrected chi connectivity index (χ1v) is 55.1. The standard InChI is InChI=1S/C47H55ClF3N5O6S3.C42H45ClN6O5S2.C20H19N3O/c1-46(2)20-18-42(34-8-12-37(48)13-9-34)36(31-46)32-55-22-24-56(25-23-55)39-14-10-35(11-15-39)45(57)53-65(60,61)41-16-17-43(44(30-41)64(58,59)47(49,50)51)52-38(19-21-54-26-28-62-29-27-54)33-63-40-6-4-3-5-7-40;1-46(2)23-22-35(30-55-37-9-4-3-5-10-37)44-40-21-20-38(28-41(40)49(51)52)56(53,54)45-42(50)32-14-18-36(19-15-32)48-26-24-47(25-27-48)29-33-8-6-7-11-39(33)31-12-16-34(43)17-13-31;1-12-8-13(2)21-16(12)10-19-20(24-3)11-18(23-19)17-9-14-6-4-5-7-15(14)22-17/h3-17,30,38,52H,18-29,31-33H2,1-2H3,(H,53,57);3-21,28,35,44H,22-27,29-30H2,1-2H3,(H,45,50);4-11,21,23H,1-3H3/b;;18-17?,19-10-/t;35-;/m.1./s1. The van der Waals surface area contributed by atoms with E-state index in [2.05, 4.69) is 132 Å². The summed E-state index contributed by atoms with van der Waals surface area (Å²) in [6, 6.07) is 74.5. The summed E-state index contributed by atoms with van der Waals surface area (Å²) in [5.74, 6) is -0.0312. The van der Waals surface area contributed by atoms with Gasteiger partial charge in [0.2, 0.25) is 0 Å². The second-order valence-corrected chi connectivity index (χ2v) is 45.8. The number of methoxy groups -OCH3 is 1. The van der Waals surface area contributed by atoms with Gasteiger partial charge in [-0.05, 0) is 257 Å². The number of aromatic amines is 2. The van der Waals surface area contributed by atoms with Crippen LogP contribution in [0.1, 0.15) is 94.7 Å². The molecule has 2 atom stereocenters. The molecule has 5 aliphatic rings. The highest BCUT2D eigenvalue weighted by atomic mass is 35.5. The number of anilines is 4. The molecule has 6 N–H and O–H groups in total. The maximum absolute atomic E-state index is 14.2. The van der Waals surface area contributed by atoms with E-state index in [9.17, 15) is 58.1 Å². The van der Waals surface area contributed by atoms with Gasteiger partial charge in [0.15, 0.2) is 0 Å². The van der Waals surface area contributed by atoms with Crippen LogP contribution in [-0.2, 0) is 41.2 Å². The van der Waals surface area contributed by atoms with Gasteiger partial charge in [-0.2, -0.15) is 13.2 Å². The number of carbonyl (C=O) groups is 2. The number of aromatic nitrogens is 2. The summed E-state index contributed by atoms with van der Waals surface area (Å²) in [6.07, 6.45) is 8.47. The number of thioether (sulfide) groups is 2. The van der Waals surface area contributed by atoms with Crippen molar-refractivity contribution in [2.24, 2.45) is 10.4 Å². The Labute approximate surface area is 863 Å². The van der Waals surface area contributed by atoms with E-state index in [4.69, 9.17) is 37.7 Å². The van der Waals surface area contributed by atoms with Gasteiger partial charge >= 0.3 is 5.51 Å². The van der Waals surface area contributed by atoms with Crippen LogP contribution in [0, 0.1) is 29.4 Å². The van der Waals surface area contributed by atoms with E-state index in [1.807, 2.05) is 151 Å². The molecule has 6 heterocycles. The van der Waals surface area contributed by atoms with E-state index in [0.29, 0.717) is 73.3 Å². The number of sulfone groups is 1. The predicted octanol–water partition coefficient (Wildman–Crippen LogP) is 17.7. The van der Waals surface area contributed by atoms with Crippen molar-refractivity contribution < 1.29 is 62.4 Å². The van der Waals surface area contributed by atoms with Crippen LogP contribution in [0.15, 0.2) is 290 Å². The molecule has 4 aliphatic heterocycles. The lowest BCUT2D eigenvalue weighted by Gasteiger charge is -2.39. The van der Waals surface area contributed by atoms with Crippen LogP contribution in [0.4, 0.5) is 41.6 Å². The Hall–Kier alpha value is -12.0. The Kier molecular flexibility index (Phi) is 35.9. The summed E-state index contributed by atoms with van der Waals surface area (Å²) in [5.41, 5.74) is 7.80. The number of benzene rings is 10. The zero-order valence-electron chi connectivity index (χ0n) is 81.7. The lowest BCUT2D eigenvalue weighted by Crippen LogP contribution is -2.47. The van der Waals surface area contributed by atoms with Crippen LogP contribution < -0.4 is 55.9 Å². The minimum atomic E-state index is -6.05. The maximum atomic E-state index is 14.2. The molecule has 3 fully saturated rings. The highest BCUT2D eigenvalue weighted by molar-refractivity contribution is 7.99. The summed E-state index contributed by atoms with van der Waals surface area (Å²) in [4.78, 5) is 62.6. The number of alkyl halides is 3. The summed E-state index contributed by atoms with van der Waals surface area (Å²) in [5, 5.41) is 23.9. The largest absolute Gasteiger partial charge is 0.501 e. The number of hydrogen-bond acceptors (Lipinski definition) is 23. The molecule has 0 bridgehead atoms. The number of fused-ring (bicyclic) bond motifs is 1. The van der Waals surface area contributed by atoms with Crippen molar-refractivity contribution in [1.82, 2.24) is 39.0 Å². The number of nitrogens with one attached hydrogen (secondary N) is 6. The number of ether oxygens (including phenoxy) is 2. The number of halogens is 5. The highest BCUT2D eigenvalue weighted by Gasteiger charge is 2.49. The number of hydrogen-bond donors (Lipinski definition) is 6. The quantitative estimate of drug-likeness (QED) is 0.0124. The van der Waals surface area contributed by atoms with Crippen LogP contribution in [-0.4, -0.2) is 220 Å². The molecule has 3 saturated heterocycles. The third-order valence-electron chi connectivity index (χ3n) is 26.1. The maximum Gasteiger partial charge on any atom is 0.501 e. The molecule has 2 aromatic heterocycles. The molecule has 0 radical (unpaired) electrons. The molecule has 0 saturated carbocycles. The molecular weight excluding hydrogens is 1990 g/mol. The van der Waals surface area contributed by atoms with Crippen LogP contribution in [0.2, 0.25) is 10.0 Å². The summed E-state index contributed by atoms with van der Waals surface area (Å²) in [7, 11) is -9.71. The summed E-state index contributed by atoms with van der Waals surface area (Å²) in [6.45, 7) is 20.6. The number of sulfonamides is 2. The van der Waals surface area contributed by atoms with E-state index in [-0.39, 0.29) is 33.2 Å². The number of para-hydroxylation sites is 1. The van der Waals surface area contributed by atoms with Gasteiger partial charge in [-0.25, -0.2) is 39.7 Å². The number of nitro benzene ring substituents is 1. The number of carbonyl (C=O) groups excluding carboxylic acids is 2. The smallest absolute Gasteiger partial charge is 0.494 e. The molecule has 1 unspecified atom stereocenters. The normalized spacial score (nSPS) is 16.3. The third-order valence-corrected chi connectivity index (χ3v) is 33.1. The third kappa shape index (κ3) is 28.9. The van der Waals surface area contributed by atoms with E-state index in [1.165, 1.54) is 69.4 Å². The van der Waals surface area contributed by atoms with Gasteiger partial charge in [0.1, 0.15) is 16.3 Å². The number of aryl methyl sites for hydroxylation is 2. The van der Waals surface area contributed by atoms with E-state index in [1.54, 1.807) is 55.3 Å². The number of allylic oxidation sites excluding steroid dienone is 1. The van der Waals surface area contributed by atoms with Gasteiger partial charge in [0, 0.05) is 180 Å². The minimum Gasteiger partial charge on any atom is -0.494 e. The molecule has 1 aliphatic carbocycles. The number of rotatable bonds is 34. The van der Waals surface area contributed by atoms with Crippen LogP contribution in [0.3, 0.4) is 0 Å². The average molecular weight is 2110 g/mol. The molecule has 12 aromatic rings. The molecule has 36 heteroatoms. The summed E-state index contributed by atoms with van der Waals surface area (Å²) < 4.78 is 137. The second-order valence-electron chi connectivity index (χ2n) is 37.5. The van der Waals surface area contributed by atoms with Gasteiger partial charge in [0.05, 0.1) is 62.5 Å². The van der Waals surface area contributed by atoms with Crippen molar-refractivity contribution in [2.45, 2.75) is 108 Å². The predicted molar refractivity (Wildman–Crippen MR) is 574 cm³/mol. The van der Waals surface area contributed by atoms with Gasteiger partial charge in [-0.15, -0.1) is 23.5 Å². The van der Waals surface area contributed by atoms with Crippen LogP contribution in [0.25, 0.3) is 34.5 Å². The highest BCUT2D eigenvalue weighted by Crippen LogP contribution is 2.44. The number of H-pyrrole nitrogens is 2. The molecule has 26 nitrogen and oxygen atoms in total. The first-order valence-electron chi connectivity index (χ1n) is 47.9. The van der Waals surface area contributed by atoms with Gasteiger partial charge in [-0.1, -0.05) is 146 Å². The SMILES string of the molecule is CC1(C)CCC(c2ccc(Cl)cc2)=C(CN2CCN(c3ccc(C(=O)NS(=O)(=O)c4ccc(NC(CCN5CCOCC5)CSc5ccccc5)c(S(=O)(=O)C(F)(F)F)c4)cc3)CC2)C1.CN(C)CC[C@H](CSc1ccccc1)Nc1ccc(S(=O)(=O)NC(=O)c2ccc(N3CCN(Cc4ccccc4-c4ccc(Cl)cc4)CC3)cc2)cc1[N+](=O)[O-].COc1cc(=C2C=c3ccccc3=N2)[nH]/c1=C\c1[nH]c(C)cc1C. The zero-order chi connectivity index (χ0) is 103. The van der Waals surface area contributed by atoms with Gasteiger partial charge in [0.25, 0.3) is 47.4 Å². The lowest BCUT2D eigenvalue weighted by molar-refractivity contribution is -0.384. The Morgan fingerprint density at radius 2 is 1.13 bits per heavy atom. The van der Waals surface area contributed by atoms with Crippen molar-refractivity contribution in [3.05, 3.63) is 341 Å². The van der Waals surface area contributed by atoms with Crippen molar-refractivity contribution >= 4 is 140 Å². The summed E-state index contributed by atoms with van der Waals surface area (Å²) >= 11 is 15.4. The second kappa shape index (κ2) is 48.5. The van der Waals surface area contributed by atoms with E-state index < -0.39 is 79.3 Å². The number of piperazine rings is 2. The Balaban J connectivity index is 0.000000178. The fourth-order valence-corrected chi connectivity index (χ4v) is 23.3. The first-order chi connectivity index (χ1) is 69.4. The topological polar surface area (TPSA) is 310 Å². The Morgan fingerprint density at radius 3 is 1.68 bits per heavy atom. The minimum absolute atomic E-state index is 0.00186. The number of amides is 2. The fraction of sp³-hybridized carbons (Fsp3) is 0.312. The first kappa shape index (κ1) is 107. The van der Waals surface area contributed by atoms with Crippen molar-refractivity contribution in [3.8, 4) is 16.9 Å². The number of morpholine rings is 1. The van der Waals surface area contributed by atoms with Crippen LogP contribution >= 0.6 is 46.7 Å². The Morgan fingerprint density at radius 1 is 0.607 bits per heavy atom. The fourth-order valence-electron chi connectivity index (χ4n) is 18.1. The monoisotopic (exact) mass is 2100 g/mol. The van der Waals surface area contributed by atoms with Gasteiger partial charge in [-0.3, -0.25) is 34.4 Å². The van der Waals surface area contributed by atoms with Crippen molar-refractivity contribution in [1.29, 1.82) is 0 Å². The lowest BCUT2D eigenvalue weighted by atomic mass is 9.73. The molecule has 0 spiro atoms. The zero-order valence-corrected chi connectivity index (χ0v) is 87.3.